The van der Waals surface area contributed by atoms with E-state index in [2.05, 4.69) is 32.0 Å². The summed E-state index contributed by atoms with van der Waals surface area (Å²) < 4.78 is 16.8. The summed E-state index contributed by atoms with van der Waals surface area (Å²) in [4.78, 5) is 12.7. The quantitative estimate of drug-likeness (QED) is 0.387. The maximum atomic E-state index is 12.7. The molecule has 0 atom stereocenters. The highest BCUT2D eigenvalue weighted by Gasteiger charge is 2.14. The Kier molecular flexibility index (Phi) is 5.32. The molecule has 0 bridgehead atoms. The summed E-state index contributed by atoms with van der Waals surface area (Å²) in [6.07, 6.45) is 0. The summed E-state index contributed by atoms with van der Waals surface area (Å²) in [5.41, 5.74) is 5.94. The first-order valence-electron chi connectivity index (χ1n) is 9.87. The first kappa shape index (κ1) is 19.8. The minimum Gasteiger partial charge on any atom is -0.497 e. The van der Waals surface area contributed by atoms with Crippen molar-refractivity contribution in [3.05, 3.63) is 93.3 Å². The van der Waals surface area contributed by atoms with Gasteiger partial charge < -0.3 is 13.9 Å². The third kappa shape index (κ3) is 3.81. The lowest BCUT2D eigenvalue weighted by Crippen LogP contribution is -2.06. The van der Waals surface area contributed by atoms with Crippen molar-refractivity contribution in [3.63, 3.8) is 0 Å². The largest absolute Gasteiger partial charge is 0.497 e. The molecule has 152 valence electrons. The van der Waals surface area contributed by atoms with Gasteiger partial charge in [-0.05, 0) is 67.3 Å². The van der Waals surface area contributed by atoms with Crippen molar-refractivity contribution < 1.29 is 13.9 Å². The van der Waals surface area contributed by atoms with Crippen LogP contribution in [0, 0.1) is 20.8 Å². The van der Waals surface area contributed by atoms with Gasteiger partial charge in [0.2, 0.25) is 0 Å². The Morgan fingerprint density at radius 1 is 0.867 bits per heavy atom. The zero-order valence-corrected chi connectivity index (χ0v) is 17.6. The topological polar surface area (TPSA) is 48.7 Å². The van der Waals surface area contributed by atoms with Crippen LogP contribution in [-0.4, -0.2) is 7.11 Å². The highest BCUT2D eigenvalue weighted by molar-refractivity contribution is 5.87. The lowest BCUT2D eigenvalue weighted by Gasteiger charge is -2.12. The molecule has 3 aromatic carbocycles. The maximum Gasteiger partial charge on any atom is 0.344 e. The van der Waals surface area contributed by atoms with Crippen molar-refractivity contribution in [1.82, 2.24) is 0 Å². The van der Waals surface area contributed by atoms with E-state index in [0.29, 0.717) is 23.5 Å². The molecule has 0 aliphatic rings. The first-order valence-corrected chi connectivity index (χ1v) is 9.87. The van der Waals surface area contributed by atoms with E-state index in [9.17, 15) is 4.79 Å². The minimum atomic E-state index is -0.364. The smallest absolute Gasteiger partial charge is 0.344 e. The van der Waals surface area contributed by atoms with Gasteiger partial charge in [-0.15, -0.1) is 0 Å². The summed E-state index contributed by atoms with van der Waals surface area (Å²) in [5, 5.41) is 0.888. The number of hydrogen-bond acceptors (Lipinski definition) is 4. The normalized spacial score (nSPS) is 10.9. The van der Waals surface area contributed by atoms with Gasteiger partial charge in [0.25, 0.3) is 0 Å². The summed E-state index contributed by atoms with van der Waals surface area (Å²) >= 11 is 0. The molecule has 4 nitrogen and oxygen atoms in total. The molecule has 0 aliphatic heterocycles. The molecule has 1 heterocycles. The van der Waals surface area contributed by atoms with E-state index in [1.807, 2.05) is 43.3 Å². The van der Waals surface area contributed by atoms with Gasteiger partial charge >= 0.3 is 5.63 Å². The van der Waals surface area contributed by atoms with E-state index in [1.54, 1.807) is 13.2 Å². The minimum absolute atomic E-state index is 0.364. The molecule has 1 aromatic heterocycles. The SMILES string of the molecule is COc1ccc(-c2c(C)c3ccc(OCc4cc(C)ccc4C)cc3oc2=O)cc1. The van der Waals surface area contributed by atoms with E-state index in [-0.39, 0.29) is 5.63 Å². The molecule has 4 aromatic rings. The first-order chi connectivity index (χ1) is 14.5. The fourth-order valence-corrected chi connectivity index (χ4v) is 3.63. The van der Waals surface area contributed by atoms with Gasteiger partial charge in [-0.1, -0.05) is 35.9 Å². The van der Waals surface area contributed by atoms with Gasteiger partial charge in [0.05, 0.1) is 12.7 Å². The standard InChI is InChI=1S/C26H24O4/c1-16-5-6-17(2)20(13-16)15-29-22-11-12-23-18(3)25(26(27)30-24(23)14-22)19-7-9-21(28-4)10-8-19/h5-14H,15H2,1-4H3. The Balaban J connectivity index is 1.67. The molecule has 0 spiro atoms. The summed E-state index contributed by atoms with van der Waals surface area (Å²) in [6.45, 7) is 6.54. The third-order valence-corrected chi connectivity index (χ3v) is 5.42. The van der Waals surface area contributed by atoms with Crippen molar-refractivity contribution >= 4 is 11.0 Å². The Labute approximate surface area is 175 Å². The molecule has 0 amide bonds. The Morgan fingerprint density at radius 2 is 1.60 bits per heavy atom. The van der Waals surface area contributed by atoms with Crippen molar-refractivity contribution in [1.29, 1.82) is 0 Å². The van der Waals surface area contributed by atoms with Crippen LogP contribution in [0.4, 0.5) is 0 Å². The van der Waals surface area contributed by atoms with Gasteiger partial charge in [0.1, 0.15) is 23.7 Å². The van der Waals surface area contributed by atoms with Gasteiger partial charge in [-0.3, -0.25) is 0 Å². The van der Waals surface area contributed by atoms with E-state index < -0.39 is 0 Å². The van der Waals surface area contributed by atoms with Crippen LogP contribution in [0.2, 0.25) is 0 Å². The second kappa shape index (κ2) is 8.07. The number of aryl methyl sites for hydroxylation is 3. The van der Waals surface area contributed by atoms with Crippen molar-refractivity contribution in [2.24, 2.45) is 0 Å². The van der Waals surface area contributed by atoms with Crippen LogP contribution in [0.1, 0.15) is 22.3 Å². The van der Waals surface area contributed by atoms with Gasteiger partial charge in [-0.25, -0.2) is 4.79 Å². The molecule has 0 fully saturated rings. The molecule has 0 saturated carbocycles. The molecule has 4 heteroatoms. The maximum absolute atomic E-state index is 12.7. The number of fused-ring (bicyclic) bond motifs is 1. The van der Waals surface area contributed by atoms with E-state index in [4.69, 9.17) is 13.9 Å². The zero-order valence-electron chi connectivity index (χ0n) is 17.6. The van der Waals surface area contributed by atoms with Crippen LogP contribution in [0.15, 0.2) is 69.9 Å². The molecule has 4 rings (SSSR count). The Hall–Kier alpha value is -3.53. The van der Waals surface area contributed by atoms with Crippen molar-refractivity contribution in [2.45, 2.75) is 27.4 Å². The number of methoxy groups -OCH3 is 1. The van der Waals surface area contributed by atoms with E-state index >= 15 is 0 Å². The average Bonchev–Trinajstić information content (AvgIpc) is 2.74. The molecule has 0 radical (unpaired) electrons. The Bertz CT molecular complexity index is 1270. The lowest BCUT2D eigenvalue weighted by atomic mass is 9.99. The highest BCUT2D eigenvalue weighted by Crippen LogP contribution is 2.30. The monoisotopic (exact) mass is 400 g/mol. The second-order valence-electron chi connectivity index (χ2n) is 7.49. The van der Waals surface area contributed by atoms with Gasteiger partial charge in [0, 0.05) is 11.5 Å². The zero-order chi connectivity index (χ0) is 21.3. The van der Waals surface area contributed by atoms with E-state index in [1.165, 1.54) is 11.1 Å². The number of benzene rings is 3. The highest BCUT2D eigenvalue weighted by atomic mass is 16.5. The molecular weight excluding hydrogens is 376 g/mol. The van der Waals surface area contributed by atoms with Crippen molar-refractivity contribution in [3.8, 4) is 22.6 Å². The summed E-state index contributed by atoms with van der Waals surface area (Å²) in [7, 11) is 1.62. The number of ether oxygens (including phenoxy) is 2. The predicted molar refractivity (Wildman–Crippen MR) is 119 cm³/mol. The van der Waals surface area contributed by atoms with Gasteiger partial charge in [0.15, 0.2) is 0 Å². The molecular formula is C26H24O4. The van der Waals surface area contributed by atoms with Crippen LogP contribution in [0.25, 0.3) is 22.1 Å². The average molecular weight is 400 g/mol. The molecule has 0 aliphatic carbocycles. The van der Waals surface area contributed by atoms with Crippen LogP contribution >= 0.6 is 0 Å². The van der Waals surface area contributed by atoms with Crippen molar-refractivity contribution in [2.75, 3.05) is 7.11 Å². The summed E-state index contributed by atoms with van der Waals surface area (Å²) in [5.74, 6) is 1.41. The molecule has 30 heavy (non-hydrogen) atoms. The second-order valence-corrected chi connectivity index (χ2v) is 7.49. The van der Waals surface area contributed by atoms with Crippen LogP contribution in [0.5, 0.6) is 11.5 Å². The fraction of sp³-hybridized carbons (Fsp3) is 0.192. The van der Waals surface area contributed by atoms with E-state index in [0.717, 1.165) is 27.8 Å². The van der Waals surface area contributed by atoms with Gasteiger partial charge in [-0.2, -0.15) is 0 Å². The third-order valence-electron chi connectivity index (χ3n) is 5.42. The predicted octanol–water partition coefficient (Wildman–Crippen LogP) is 5.97. The molecule has 0 N–H and O–H groups in total. The Morgan fingerprint density at radius 3 is 2.33 bits per heavy atom. The van der Waals surface area contributed by atoms with Crippen LogP contribution in [0.3, 0.4) is 0 Å². The summed E-state index contributed by atoms with van der Waals surface area (Å²) in [6, 6.07) is 19.4. The molecule has 0 saturated heterocycles. The van der Waals surface area contributed by atoms with Crippen LogP contribution in [-0.2, 0) is 6.61 Å². The number of rotatable bonds is 5. The number of hydrogen-bond donors (Lipinski definition) is 0. The lowest BCUT2D eigenvalue weighted by molar-refractivity contribution is 0.305. The van der Waals surface area contributed by atoms with Crippen LogP contribution < -0.4 is 15.1 Å². The molecule has 0 unspecified atom stereocenters. The fourth-order valence-electron chi connectivity index (χ4n) is 3.63.